The van der Waals surface area contributed by atoms with Gasteiger partial charge < -0.3 is 29.5 Å². The maximum Gasteiger partial charge on any atom is 0.418 e. The maximum absolute atomic E-state index is 15.5. The molecule has 1 saturated heterocycles. The van der Waals surface area contributed by atoms with E-state index in [1.54, 1.807) is 28.9 Å². The van der Waals surface area contributed by atoms with Gasteiger partial charge >= 0.3 is 6.18 Å². The molecule has 3 aromatic rings. The summed E-state index contributed by atoms with van der Waals surface area (Å²) in [4.78, 5) is 15.8. The molecule has 0 aliphatic carbocycles. The Balaban J connectivity index is 1.71. The fraction of sp³-hybridized carbons (Fsp3) is 0.406. The predicted molar refractivity (Wildman–Crippen MR) is 170 cm³/mol. The number of methoxy groups -OCH3 is 2. The molecule has 45 heavy (non-hydrogen) atoms. The quantitative estimate of drug-likeness (QED) is 0.274. The van der Waals surface area contributed by atoms with Gasteiger partial charge in [0.25, 0.3) is 13.4 Å². The lowest BCUT2D eigenvalue weighted by Gasteiger charge is -2.37. The van der Waals surface area contributed by atoms with Gasteiger partial charge in [-0.25, -0.2) is 4.67 Å². The van der Waals surface area contributed by atoms with Crippen molar-refractivity contribution in [2.24, 2.45) is 0 Å². The summed E-state index contributed by atoms with van der Waals surface area (Å²) in [6.07, 6.45) is -4.69. The summed E-state index contributed by atoms with van der Waals surface area (Å²) in [5.74, 6) is 0.267. The van der Waals surface area contributed by atoms with Crippen molar-refractivity contribution in [3.63, 3.8) is 0 Å². The average molecular weight is 647 g/mol. The average Bonchev–Trinajstić information content (AvgIpc) is 3.19. The predicted octanol–water partition coefficient (Wildman–Crippen LogP) is 6.35. The van der Waals surface area contributed by atoms with E-state index in [-0.39, 0.29) is 54.6 Å². The van der Waals surface area contributed by atoms with E-state index in [1.165, 1.54) is 38.5 Å². The Kier molecular flexibility index (Phi) is 8.87. The molecule has 2 aliphatic rings. The van der Waals surface area contributed by atoms with Crippen molar-refractivity contribution >= 4 is 35.7 Å². The lowest BCUT2D eigenvalue weighted by atomic mass is 9.81. The summed E-state index contributed by atoms with van der Waals surface area (Å²) in [7, 11) is 0.805. The second kappa shape index (κ2) is 12.2. The van der Waals surface area contributed by atoms with E-state index in [0.29, 0.717) is 11.5 Å². The van der Waals surface area contributed by atoms with Gasteiger partial charge in [-0.1, -0.05) is 26.0 Å². The van der Waals surface area contributed by atoms with Crippen LogP contribution in [-0.4, -0.2) is 64.2 Å². The monoisotopic (exact) mass is 646 g/mol. The van der Waals surface area contributed by atoms with Crippen molar-refractivity contribution in [1.29, 1.82) is 0 Å². The number of alkyl halides is 3. The summed E-state index contributed by atoms with van der Waals surface area (Å²) >= 11 is 0. The Labute approximate surface area is 261 Å². The fourth-order valence-corrected chi connectivity index (χ4v) is 8.50. The molecule has 2 N–H and O–H groups in total. The van der Waals surface area contributed by atoms with Crippen molar-refractivity contribution in [3.8, 4) is 11.5 Å². The van der Waals surface area contributed by atoms with Gasteiger partial charge in [0.2, 0.25) is 0 Å². The van der Waals surface area contributed by atoms with Crippen LogP contribution in [0.15, 0.2) is 54.6 Å². The largest absolute Gasteiger partial charge is 0.493 e. The third kappa shape index (κ3) is 5.98. The SMILES string of the molecule is COc1ccc(C(=O)Nc2cc3c(cc2[P@](=O)(Nc2ccccc2C(F)(F)F)N2CCOCC2)C(C)(C)[C@H](C)N3C)cc1OC. The summed E-state index contributed by atoms with van der Waals surface area (Å²) in [6, 6.07) is 13.2. The third-order valence-electron chi connectivity index (χ3n) is 8.92. The second-order valence-corrected chi connectivity index (χ2v) is 14.1. The zero-order valence-corrected chi connectivity index (χ0v) is 27.0. The molecular formula is C32H38F3N4O5P. The van der Waals surface area contributed by atoms with E-state index in [1.807, 2.05) is 7.05 Å². The molecule has 9 nitrogen and oxygen atoms in total. The first-order valence-electron chi connectivity index (χ1n) is 14.6. The highest BCUT2D eigenvalue weighted by molar-refractivity contribution is 7.71. The van der Waals surface area contributed by atoms with Gasteiger partial charge in [0, 0.05) is 42.8 Å². The van der Waals surface area contributed by atoms with Crippen LogP contribution < -0.4 is 30.1 Å². The molecule has 0 unspecified atom stereocenters. The van der Waals surface area contributed by atoms with Crippen LogP contribution in [0.4, 0.5) is 30.2 Å². The van der Waals surface area contributed by atoms with Crippen molar-refractivity contribution < 1.29 is 36.7 Å². The van der Waals surface area contributed by atoms with Gasteiger partial charge in [0.15, 0.2) is 11.5 Å². The number of likely N-dealkylation sites (N-methyl/N-ethyl adjacent to an activating group) is 1. The topological polar surface area (TPSA) is 92.4 Å². The molecule has 2 heterocycles. The number of carbonyl (C=O) groups excluding carboxylic acids is 1. The Morgan fingerprint density at radius 3 is 2.31 bits per heavy atom. The van der Waals surface area contributed by atoms with Crippen LogP contribution in [0.3, 0.4) is 0 Å². The normalized spacial score (nSPS) is 19.4. The number of anilines is 3. The van der Waals surface area contributed by atoms with Crippen molar-refractivity contribution in [2.45, 2.75) is 38.4 Å². The van der Waals surface area contributed by atoms with Crippen LogP contribution in [0.5, 0.6) is 11.5 Å². The Hall–Kier alpha value is -3.73. The number of para-hydroxylation sites is 1. The standard InChI is InChI=1S/C32H38F3N4O5P/c1-20-31(2,3)23-18-29(25(19-26(23)38(20)4)36-30(40)21-11-12-27(42-5)28(17-21)43-6)45(41,39-13-15-44-16-14-39)37-24-10-8-7-9-22(24)32(33,34)35/h7-12,17-20H,13-16H2,1-6H3,(H,36,40)(H,37,41)/t20-,45-/m0/s1. The number of ether oxygens (including phenoxy) is 3. The summed E-state index contributed by atoms with van der Waals surface area (Å²) < 4.78 is 75.8. The van der Waals surface area contributed by atoms with Gasteiger partial charge in [-0.3, -0.25) is 9.36 Å². The van der Waals surface area contributed by atoms with Gasteiger partial charge in [0.05, 0.1) is 49.7 Å². The van der Waals surface area contributed by atoms with Crippen LogP contribution >= 0.6 is 7.44 Å². The number of morpholine rings is 1. The van der Waals surface area contributed by atoms with Crippen molar-refractivity contribution in [2.75, 3.05) is 62.9 Å². The molecule has 0 bridgehead atoms. The molecule has 1 amide bonds. The van der Waals surface area contributed by atoms with E-state index < -0.39 is 30.5 Å². The number of nitrogens with zero attached hydrogens (tertiary/aromatic N) is 2. The highest BCUT2D eigenvalue weighted by Gasteiger charge is 2.45. The summed E-state index contributed by atoms with van der Waals surface area (Å²) in [5, 5.41) is 5.98. The Bertz CT molecular complexity index is 1640. The first kappa shape index (κ1) is 32.7. The summed E-state index contributed by atoms with van der Waals surface area (Å²) in [5.41, 5.74) is 0.505. The minimum atomic E-state index is -4.69. The number of nitrogens with one attached hydrogen (secondary N) is 2. The molecule has 5 rings (SSSR count). The van der Waals surface area contributed by atoms with Gasteiger partial charge in [-0.05, 0) is 55.0 Å². The molecule has 2 aliphatic heterocycles. The highest BCUT2D eigenvalue weighted by Crippen LogP contribution is 2.55. The van der Waals surface area contributed by atoms with Gasteiger partial charge in [-0.2, -0.15) is 13.2 Å². The lowest BCUT2D eigenvalue weighted by Crippen LogP contribution is -2.40. The molecule has 0 spiro atoms. The van der Waals surface area contributed by atoms with Crippen LogP contribution in [0.1, 0.15) is 42.3 Å². The first-order chi connectivity index (χ1) is 21.2. The molecule has 3 aromatic carbocycles. The molecule has 1 fully saturated rings. The smallest absolute Gasteiger partial charge is 0.418 e. The molecule has 0 radical (unpaired) electrons. The van der Waals surface area contributed by atoms with E-state index in [9.17, 15) is 18.0 Å². The molecule has 0 saturated carbocycles. The molecular weight excluding hydrogens is 608 g/mol. The summed E-state index contributed by atoms with van der Waals surface area (Å²) in [6.45, 7) is 7.11. The van der Waals surface area contributed by atoms with Crippen molar-refractivity contribution in [3.05, 3.63) is 71.3 Å². The molecule has 242 valence electrons. The lowest BCUT2D eigenvalue weighted by molar-refractivity contribution is -0.136. The minimum absolute atomic E-state index is 0.0406. The zero-order chi connectivity index (χ0) is 32.7. The van der Waals surface area contributed by atoms with Gasteiger partial charge in [0.1, 0.15) is 0 Å². The van der Waals surface area contributed by atoms with E-state index in [0.717, 1.165) is 17.3 Å². The Morgan fingerprint density at radius 2 is 1.67 bits per heavy atom. The highest BCUT2D eigenvalue weighted by atomic mass is 31.2. The Morgan fingerprint density at radius 1 is 1.00 bits per heavy atom. The van der Waals surface area contributed by atoms with Crippen LogP contribution in [0, 0.1) is 0 Å². The van der Waals surface area contributed by atoms with Crippen molar-refractivity contribution in [1.82, 2.24) is 4.67 Å². The zero-order valence-electron chi connectivity index (χ0n) is 26.1. The van der Waals surface area contributed by atoms with Crippen LogP contribution in [0.2, 0.25) is 0 Å². The number of amides is 1. The van der Waals surface area contributed by atoms with Crippen LogP contribution in [0.25, 0.3) is 0 Å². The number of hydrogen-bond acceptors (Lipinski definition) is 6. The van der Waals surface area contributed by atoms with Crippen LogP contribution in [-0.2, 0) is 20.9 Å². The number of hydrogen-bond donors (Lipinski definition) is 2. The third-order valence-corrected chi connectivity index (χ3v) is 11.7. The number of carbonyl (C=O) groups is 1. The number of rotatable bonds is 8. The molecule has 2 atom stereocenters. The number of fused-ring (bicyclic) bond motifs is 1. The molecule has 13 heteroatoms. The first-order valence-corrected chi connectivity index (χ1v) is 16.2. The fourth-order valence-electron chi connectivity index (χ4n) is 5.94. The van der Waals surface area contributed by atoms with E-state index in [4.69, 9.17) is 14.2 Å². The second-order valence-electron chi connectivity index (χ2n) is 11.7. The maximum atomic E-state index is 15.5. The van der Waals surface area contributed by atoms with E-state index >= 15 is 4.57 Å². The van der Waals surface area contributed by atoms with Gasteiger partial charge in [-0.15, -0.1) is 0 Å². The number of benzene rings is 3. The molecule has 0 aromatic heterocycles. The van der Waals surface area contributed by atoms with E-state index in [2.05, 4.69) is 36.1 Å². The minimum Gasteiger partial charge on any atom is -0.493 e. The number of halogens is 3.